The van der Waals surface area contributed by atoms with E-state index in [9.17, 15) is 9.90 Å². The van der Waals surface area contributed by atoms with Gasteiger partial charge in [0.2, 0.25) is 0 Å². The lowest BCUT2D eigenvalue weighted by molar-refractivity contribution is -0.128. The van der Waals surface area contributed by atoms with Crippen molar-refractivity contribution in [2.45, 2.75) is 39.3 Å². The Morgan fingerprint density at radius 3 is 2.71 bits per heavy atom. The van der Waals surface area contributed by atoms with Gasteiger partial charge in [-0.15, -0.1) is 0 Å². The van der Waals surface area contributed by atoms with E-state index in [0.29, 0.717) is 23.7 Å². The molecule has 0 fully saturated rings. The Hall–Kier alpha value is -2.06. The van der Waals surface area contributed by atoms with Gasteiger partial charge in [0, 0.05) is 0 Å². The molecule has 5 nitrogen and oxygen atoms in total. The smallest absolute Gasteiger partial charge is 0.261 e. The molecule has 2 unspecified atom stereocenters. The summed E-state index contributed by atoms with van der Waals surface area (Å²) in [5.74, 6) is 0.573. The van der Waals surface area contributed by atoms with Crippen molar-refractivity contribution in [1.82, 2.24) is 5.32 Å². The third kappa shape index (κ3) is 5.84. The van der Waals surface area contributed by atoms with Crippen LogP contribution in [0.2, 0.25) is 0 Å². The van der Waals surface area contributed by atoms with Crippen molar-refractivity contribution in [2.75, 3.05) is 6.61 Å². The van der Waals surface area contributed by atoms with Gasteiger partial charge in [-0.2, -0.15) is 5.26 Å². The second kappa shape index (κ2) is 8.28. The maximum Gasteiger partial charge on any atom is 0.261 e. The first kappa shape index (κ1) is 17.0. The molecule has 0 heterocycles. The number of carbonyl (C=O) groups excluding carboxylic acids is 1. The molecule has 21 heavy (non-hydrogen) atoms. The number of ether oxygens (including phenoxy) is 1. The van der Waals surface area contributed by atoms with Crippen LogP contribution in [0.4, 0.5) is 0 Å². The number of nitrogens with one attached hydrogen (secondary N) is 1. The van der Waals surface area contributed by atoms with Crippen LogP contribution in [0.1, 0.15) is 32.8 Å². The highest BCUT2D eigenvalue weighted by Gasteiger charge is 2.19. The Morgan fingerprint density at radius 2 is 2.14 bits per heavy atom. The number of rotatable bonds is 7. The van der Waals surface area contributed by atoms with Crippen LogP contribution in [0.3, 0.4) is 0 Å². The van der Waals surface area contributed by atoms with Gasteiger partial charge in [-0.1, -0.05) is 19.9 Å². The fourth-order valence-corrected chi connectivity index (χ4v) is 1.96. The molecule has 0 aromatic heterocycles. The quantitative estimate of drug-likeness (QED) is 0.803. The van der Waals surface area contributed by atoms with E-state index in [1.54, 1.807) is 31.2 Å². The Balaban J connectivity index is 2.59. The molecule has 0 bridgehead atoms. The molecule has 0 saturated carbocycles. The fraction of sp³-hybridized carbons (Fsp3) is 0.500. The van der Waals surface area contributed by atoms with Gasteiger partial charge in [-0.3, -0.25) is 4.79 Å². The van der Waals surface area contributed by atoms with Crippen LogP contribution in [0, 0.1) is 17.2 Å². The van der Waals surface area contributed by atoms with Gasteiger partial charge >= 0.3 is 0 Å². The molecular formula is C16H22N2O3. The van der Waals surface area contributed by atoms with Gasteiger partial charge in [0.15, 0.2) is 6.10 Å². The minimum absolute atomic E-state index is 0.0967. The number of hydrogen-bond acceptors (Lipinski definition) is 4. The zero-order chi connectivity index (χ0) is 15.8. The molecule has 1 rings (SSSR count). The normalized spacial score (nSPS) is 13.3. The van der Waals surface area contributed by atoms with Crippen LogP contribution in [-0.4, -0.2) is 29.8 Å². The number of benzene rings is 1. The Bertz CT molecular complexity index is 508. The van der Waals surface area contributed by atoms with Crippen molar-refractivity contribution in [1.29, 1.82) is 5.26 Å². The lowest BCUT2D eigenvalue weighted by Crippen LogP contribution is -2.44. The number of nitrogens with zero attached hydrogens (tertiary/aromatic N) is 1. The fourth-order valence-electron chi connectivity index (χ4n) is 1.96. The van der Waals surface area contributed by atoms with E-state index in [2.05, 4.69) is 5.32 Å². The number of aliphatic hydroxyl groups excluding tert-OH is 1. The number of aliphatic hydroxyl groups is 1. The molecule has 5 heteroatoms. The highest BCUT2D eigenvalue weighted by atomic mass is 16.5. The zero-order valence-corrected chi connectivity index (χ0v) is 12.7. The van der Waals surface area contributed by atoms with Crippen molar-refractivity contribution >= 4 is 5.91 Å². The summed E-state index contributed by atoms with van der Waals surface area (Å²) in [5, 5.41) is 20.9. The van der Waals surface area contributed by atoms with E-state index < -0.39 is 6.10 Å². The minimum atomic E-state index is -0.694. The van der Waals surface area contributed by atoms with Crippen molar-refractivity contribution in [3.05, 3.63) is 29.8 Å². The molecule has 1 aromatic rings. The molecule has 1 aromatic carbocycles. The van der Waals surface area contributed by atoms with Crippen LogP contribution in [0.25, 0.3) is 0 Å². The molecule has 0 spiro atoms. The van der Waals surface area contributed by atoms with Gasteiger partial charge in [0.05, 0.1) is 24.3 Å². The summed E-state index contributed by atoms with van der Waals surface area (Å²) in [7, 11) is 0. The van der Waals surface area contributed by atoms with Crippen LogP contribution >= 0.6 is 0 Å². The zero-order valence-electron chi connectivity index (χ0n) is 12.7. The molecule has 0 aliphatic heterocycles. The Morgan fingerprint density at radius 1 is 1.43 bits per heavy atom. The summed E-state index contributed by atoms with van der Waals surface area (Å²) in [5.41, 5.74) is 0.480. The highest BCUT2D eigenvalue weighted by Crippen LogP contribution is 2.14. The first-order chi connectivity index (χ1) is 9.96. The van der Waals surface area contributed by atoms with E-state index in [1.165, 1.54) is 0 Å². The molecule has 0 saturated heterocycles. The second-order valence-corrected chi connectivity index (χ2v) is 5.42. The standard InChI is InChI=1S/C16H22N2O3/c1-11(2)7-14(10-19)18-16(20)12(3)21-15-6-4-5-13(8-15)9-17/h4-6,8,11-12,14,19H,7,10H2,1-3H3,(H,18,20). The van der Waals surface area contributed by atoms with E-state index >= 15 is 0 Å². The summed E-state index contributed by atoms with van der Waals surface area (Å²) >= 11 is 0. The number of amides is 1. The molecule has 0 aliphatic carbocycles. The third-order valence-corrected chi connectivity index (χ3v) is 2.97. The molecule has 2 atom stereocenters. The average molecular weight is 290 g/mol. The van der Waals surface area contributed by atoms with E-state index in [1.807, 2.05) is 19.9 Å². The summed E-state index contributed by atoms with van der Waals surface area (Å²) in [6.45, 7) is 5.60. The number of hydrogen-bond donors (Lipinski definition) is 2. The van der Waals surface area contributed by atoms with Crippen molar-refractivity contribution < 1.29 is 14.6 Å². The van der Waals surface area contributed by atoms with Crippen LogP contribution in [-0.2, 0) is 4.79 Å². The monoisotopic (exact) mass is 290 g/mol. The molecule has 0 radical (unpaired) electrons. The first-order valence-corrected chi connectivity index (χ1v) is 7.04. The Kier molecular flexibility index (Phi) is 6.70. The van der Waals surface area contributed by atoms with Gasteiger partial charge in [0.25, 0.3) is 5.91 Å². The molecule has 1 amide bonds. The SMILES string of the molecule is CC(C)CC(CO)NC(=O)C(C)Oc1cccc(C#N)c1. The van der Waals surface area contributed by atoms with Crippen LogP contribution in [0.15, 0.2) is 24.3 Å². The molecule has 0 aliphatic rings. The maximum absolute atomic E-state index is 12.0. The summed E-state index contributed by atoms with van der Waals surface area (Å²) in [6.07, 6.45) is 0.0129. The molecule has 114 valence electrons. The number of carbonyl (C=O) groups is 1. The summed E-state index contributed by atoms with van der Waals surface area (Å²) < 4.78 is 5.52. The van der Waals surface area contributed by atoms with Crippen molar-refractivity contribution in [2.24, 2.45) is 5.92 Å². The Labute approximate surface area is 125 Å². The molecule has 2 N–H and O–H groups in total. The average Bonchev–Trinajstić information content (AvgIpc) is 2.46. The van der Waals surface area contributed by atoms with Gasteiger partial charge in [-0.25, -0.2) is 0 Å². The van der Waals surface area contributed by atoms with E-state index in [-0.39, 0.29) is 18.6 Å². The highest BCUT2D eigenvalue weighted by molar-refractivity contribution is 5.81. The van der Waals surface area contributed by atoms with Crippen molar-refractivity contribution in [3.63, 3.8) is 0 Å². The second-order valence-electron chi connectivity index (χ2n) is 5.42. The minimum Gasteiger partial charge on any atom is -0.481 e. The lowest BCUT2D eigenvalue weighted by Gasteiger charge is -2.21. The van der Waals surface area contributed by atoms with E-state index in [0.717, 1.165) is 0 Å². The van der Waals surface area contributed by atoms with Crippen LogP contribution < -0.4 is 10.1 Å². The topological polar surface area (TPSA) is 82.3 Å². The first-order valence-electron chi connectivity index (χ1n) is 7.04. The largest absolute Gasteiger partial charge is 0.481 e. The predicted octanol–water partition coefficient (Wildman–Crippen LogP) is 1.85. The van der Waals surface area contributed by atoms with Crippen LogP contribution in [0.5, 0.6) is 5.75 Å². The third-order valence-electron chi connectivity index (χ3n) is 2.97. The summed E-state index contributed by atoms with van der Waals surface area (Å²) in [6, 6.07) is 8.40. The van der Waals surface area contributed by atoms with Gasteiger partial charge in [-0.05, 0) is 37.5 Å². The van der Waals surface area contributed by atoms with Gasteiger partial charge < -0.3 is 15.2 Å². The van der Waals surface area contributed by atoms with Crippen molar-refractivity contribution in [3.8, 4) is 11.8 Å². The van der Waals surface area contributed by atoms with E-state index in [4.69, 9.17) is 10.00 Å². The van der Waals surface area contributed by atoms with Gasteiger partial charge in [0.1, 0.15) is 5.75 Å². The predicted molar refractivity (Wildman–Crippen MR) is 79.7 cm³/mol. The maximum atomic E-state index is 12.0. The molecular weight excluding hydrogens is 268 g/mol. The lowest BCUT2D eigenvalue weighted by atomic mass is 10.0. The number of nitriles is 1. The summed E-state index contributed by atoms with van der Waals surface area (Å²) in [4.78, 5) is 12.0.